The molecule has 0 aliphatic carbocycles. The summed E-state index contributed by atoms with van der Waals surface area (Å²) in [5, 5.41) is 12.0. The van der Waals surface area contributed by atoms with Gasteiger partial charge in [-0.05, 0) is 34.3 Å². The number of anilines is 1. The summed E-state index contributed by atoms with van der Waals surface area (Å²) in [6.45, 7) is 0. The number of halogens is 1. The van der Waals surface area contributed by atoms with Crippen LogP contribution >= 0.6 is 27.7 Å². The molecule has 2 N–H and O–H groups in total. The van der Waals surface area contributed by atoms with E-state index in [1.165, 1.54) is 12.4 Å². The van der Waals surface area contributed by atoms with E-state index in [-0.39, 0.29) is 5.95 Å². The first-order valence-electron chi connectivity index (χ1n) is 5.64. The van der Waals surface area contributed by atoms with Crippen LogP contribution in [0.25, 0.3) is 0 Å². The number of carboxylic acid groups (broad SMARTS) is 1. The molecule has 8 heteroatoms. The van der Waals surface area contributed by atoms with Gasteiger partial charge in [-0.3, -0.25) is 0 Å². The number of furan rings is 1. The zero-order valence-corrected chi connectivity index (χ0v) is 12.9. The average Bonchev–Trinajstić information content (AvgIpc) is 2.86. The highest BCUT2D eigenvalue weighted by Crippen LogP contribution is 2.22. The monoisotopic (exact) mass is 357 g/mol. The van der Waals surface area contributed by atoms with Crippen molar-refractivity contribution in [2.75, 3.05) is 11.6 Å². The Labute approximate surface area is 128 Å². The van der Waals surface area contributed by atoms with E-state index in [9.17, 15) is 9.90 Å². The third-order valence-electron chi connectivity index (χ3n) is 2.39. The van der Waals surface area contributed by atoms with Crippen LogP contribution in [-0.4, -0.2) is 27.3 Å². The molecule has 2 heterocycles. The van der Waals surface area contributed by atoms with Crippen LogP contribution in [0.15, 0.2) is 33.4 Å². The fourth-order valence-electron chi connectivity index (χ4n) is 1.54. The van der Waals surface area contributed by atoms with Crippen LogP contribution in [0.1, 0.15) is 17.6 Å². The Morgan fingerprint density at radius 3 is 2.80 bits per heavy atom. The van der Waals surface area contributed by atoms with Crippen LogP contribution < -0.4 is 5.32 Å². The fraction of sp³-hybridized carbons (Fsp3) is 0.250. The molecule has 6 nitrogen and oxygen atoms in total. The molecular weight excluding hydrogens is 346 g/mol. The Hall–Kier alpha value is -1.54. The van der Waals surface area contributed by atoms with Crippen molar-refractivity contribution in [1.29, 1.82) is 0 Å². The van der Waals surface area contributed by atoms with E-state index in [0.29, 0.717) is 11.5 Å². The van der Waals surface area contributed by atoms with Gasteiger partial charge in [-0.15, -0.1) is 0 Å². The summed E-state index contributed by atoms with van der Waals surface area (Å²) in [6, 6.07) is 2.40. The first-order chi connectivity index (χ1) is 9.60. The summed E-state index contributed by atoms with van der Waals surface area (Å²) < 4.78 is 6.23. The number of aromatic nitrogens is 2. The van der Waals surface area contributed by atoms with Gasteiger partial charge in [-0.25, -0.2) is 14.8 Å². The van der Waals surface area contributed by atoms with Crippen molar-refractivity contribution in [3.63, 3.8) is 0 Å². The molecule has 0 bridgehead atoms. The van der Waals surface area contributed by atoms with E-state index in [2.05, 4.69) is 31.2 Å². The fourth-order valence-corrected chi connectivity index (χ4v) is 2.18. The molecule has 2 rings (SSSR count). The number of aliphatic carboxylic acids is 1. The van der Waals surface area contributed by atoms with Crippen LogP contribution in [0.3, 0.4) is 0 Å². The second-order valence-corrected chi connectivity index (χ2v) is 5.66. The Morgan fingerprint density at radius 1 is 1.50 bits per heavy atom. The smallest absolute Gasteiger partial charge is 0.334 e. The lowest BCUT2D eigenvalue weighted by atomic mass is 10.2. The third-order valence-corrected chi connectivity index (χ3v) is 3.38. The van der Waals surface area contributed by atoms with Gasteiger partial charge in [-0.1, -0.05) is 0 Å². The van der Waals surface area contributed by atoms with Crippen LogP contribution in [-0.2, 0) is 10.5 Å². The van der Waals surface area contributed by atoms with Gasteiger partial charge in [-0.2, -0.15) is 11.8 Å². The van der Waals surface area contributed by atoms with E-state index in [0.717, 1.165) is 10.2 Å². The number of carboxylic acids is 1. The maximum Gasteiger partial charge on any atom is 0.334 e. The summed E-state index contributed by atoms with van der Waals surface area (Å²) >= 11 is 4.82. The highest BCUT2D eigenvalue weighted by Gasteiger charge is 2.24. The molecule has 2 aromatic heterocycles. The number of nitrogens with zero attached hydrogens (tertiary/aromatic N) is 2. The maximum atomic E-state index is 11.3. The number of hydrogen-bond acceptors (Lipinski definition) is 6. The van der Waals surface area contributed by atoms with E-state index in [1.807, 2.05) is 6.26 Å². The predicted molar refractivity (Wildman–Crippen MR) is 79.7 cm³/mol. The third kappa shape index (κ3) is 3.73. The van der Waals surface area contributed by atoms with Crippen LogP contribution in [0, 0.1) is 0 Å². The number of nitrogens with one attached hydrogen (secondary N) is 1. The van der Waals surface area contributed by atoms with Crippen LogP contribution in [0.2, 0.25) is 0 Å². The Bertz CT molecular complexity index is 588. The Kier molecular flexibility index (Phi) is 5.02. The molecule has 0 saturated carbocycles. The van der Waals surface area contributed by atoms with Crippen molar-refractivity contribution in [1.82, 2.24) is 9.97 Å². The lowest BCUT2D eigenvalue weighted by Crippen LogP contribution is -2.21. The van der Waals surface area contributed by atoms with Gasteiger partial charge in [0.25, 0.3) is 0 Å². The van der Waals surface area contributed by atoms with E-state index < -0.39 is 12.0 Å². The maximum absolute atomic E-state index is 11.3. The lowest BCUT2D eigenvalue weighted by Gasteiger charge is -2.11. The zero-order valence-electron chi connectivity index (χ0n) is 10.5. The van der Waals surface area contributed by atoms with E-state index >= 15 is 0 Å². The normalized spacial score (nSPS) is 12.1. The summed E-state index contributed by atoms with van der Waals surface area (Å²) in [7, 11) is 0. The van der Waals surface area contributed by atoms with Gasteiger partial charge in [0, 0.05) is 12.4 Å². The van der Waals surface area contributed by atoms with Gasteiger partial charge < -0.3 is 14.8 Å². The molecule has 0 spiro atoms. The second-order valence-electron chi connectivity index (χ2n) is 3.88. The highest BCUT2D eigenvalue weighted by atomic mass is 79.9. The molecule has 0 amide bonds. The molecule has 0 radical (unpaired) electrons. The number of rotatable bonds is 6. The van der Waals surface area contributed by atoms with Crippen LogP contribution in [0.5, 0.6) is 0 Å². The predicted octanol–water partition coefficient (Wildman–Crippen LogP) is 2.93. The molecule has 0 saturated heterocycles. The highest BCUT2D eigenvalue weighted by molar-refractivity contribution is 9.10. The van der Waals surface area contributed by atoms with E-state index in [1.54, 1.807) is 23.9 Å². The first kappa shape index (κ1) is 14.9. The zero-order chi connectivity index (χ0) is 14.5. The van der Waals surface area contributed by atoms with Crippen LogP contribution in [0.4, 0.5) is 5.95 Å². The van der Waals surface area contributed by atoms with Gasteiger partial charge in [0.15, 0.2) is 6.04 Å². The van der Waals surface area contributed by atoms with E-state index in [4.69, 9.17) is 4.42 Å². The Balaban J connectivity index is 2.17. The van der Waals surface area contributed by atoms with Crippen molar-refractivity contribution < 1.29 is 14.3 Å². The molecule has 2 aromatic rings. The molecule has 106 valence electrons. The molecule has 0 aromatic carbocycles. The van der Waals surface area contributed by atoms with Gasteiger partial charge >= 0.3 is 5.97 Å². The first-order valence-corrected chi connectivity index (χ1v) is 7.83. The minimum atomic E-state index is -1.05. The summed E-state index contributed by atoms with van der Waals surface area (Å²) in [5.41, 5.74) is 0. The summed E-state index contributed by atoms with van der Waals surface area (Å²) in [5.74, 6) is 0.927. The molecule has 1 atom stereocenters. The van der Waals surface area contributed by atoms with Gasteiger partial charge in [0.1, 0.15) is 11.5 Å². The Morgan fingerprint density at radius 2 is 2.20 bits per heavy atom. The molecular formula is C12H12BrN3O3S. The summed E-state index contributed by atoms with van der Waals surface area (Å²) in [4.78, 5) is 19.3. The lowest BCUT2D eigenvalue weighted by molar-refractivity contribution is -0.138. The molecule has 1 unspecified atom stereocenters. The number of carbonyl (C=O) groups is 1. The number of hydrogen-bond donors (Lipinski definition) is 2. The minimum Gasteiger partial charge on any atom is -0.479 e. The molecule has 0 aliphatic heterocycles. The number of thioether (sulfide) groups is 1. The molecule has 20 heavy (non-hydrogen) atoms. The van der Waals surface area contributed by atoms with Crippen molar-refractivity contribution in [2.24, 2.45) is 0 Å². The van der Waals surface area contributed by atoms with Crippen molar-refractivity contribution >= 4 is 39.6 Å². The molecule has 0 aliphatic rings. The van der Waals surface area contributed by atoms with Gasteiger partial charge in [0.2, 0.25) is 5.95 Å². The van der Waals surface area contributed by atoms with Crippen molar-refractivity contribution in [3.05, 3.63) is 40.5 Å². The van der Waals surface area contributed by atoms with Crippen molar-refractivity contribution in [3.8, 4) is 0 Å². The second kappa shape index (κ2) is 6.76. The standard InChI is InChI=1S/C12H12BrN3O3S/c1-20-6-8-2-3-9(19-8)10(11(17)18)16-12-14-4-7(13)5-15-12/h2-5,10H,6H2,1H3,(H,17,18)(H,14,15,16). The minimum absolute atomic E-state index is 0.225. The topological polar surface area (TPSA) is 88.2 Å². The quantitative estimate of drug-likeness (QED) is 0.821. The summed E-state index contributed by atoms with van der Waals surface area (Å²) in [6.07, 6.45) is 5.02. The van der Waals surface area contributed by atoms with Crippen molar-refractivity contribution in [2.45, 2.75) is 11.8 Å². The van der Waals surface area contributed by atoms with Gasteiger partial charge in [0.05, 0.1) is 10.2 Å². The SMILES string of the molecule is CSCc1ccc(C(Nc2ncc(Br)cn2)C(=O)O)o1. The average molecular weight is 358 g/mol. The largest absolute Gasteiger partial charge is 0.479 e. The molecule has 0 fully saturated rings.